The number of hydrogen-bond donors (Lipinski definition) is 1. The van der Waals surface area contributed by atoms with Gasteiger partial charge in [0.05, 0.1) is 16.8 Å². The van der Waals surface area contributed by atoms with Crippen molar-refractivity contribution in [3.8, 4) is 0 Å². The van der Waals surface area contributed by atoms with Crippen LogP contribution in [0.1, 0.15) is 48.0 Å². The molecule has 1 atom stereocenters. The molecule has 21 heavy (non-hydrogen) atoms. The van der Waals surface area contributed by atoms with E-state index >= 15 is 0 Å². The van der Waals surface area contributed by atoms with E-state index in [1.807, 2.05) is 6.07 Å². The minimum absolute atomic E-state index is 0.110. The van der Waals surface area contributed by atoms with Gasteiger partial charge in [0.15, 0.2) is 0 Å². The lowest BCUT2D eigenvalue weighted by atomic mass is 10.1. The van der Waals surface area contributed by atoms with Crippen LogP contribution in [0.4, 0.5) is 4.39 Å². The number of rotatable bonds is 5. The number of nitrogens with zero attached hydrogens (tertiary/aromatic N) is 1. The predicted molar refractivity (Wildman–Crippen MR) is 87.8 cm³/mol. The van der Waals surface area contributed by atoms with Gasteiger partial charge in [-0.25, -0.2) is 9.37 Å². The van der Waals surface area contributed by atoms with Gasteiger partial charge in [-0.2, -0.15) is 0 Å². The molecule has 2 aromatic rings. The Morgan fingerprint density at radius 2 is 2.10 bits per heavy atom. The number of halogens is 2. The van der Waals surface area contributed by atoms with Gasteiger partial charge in [-0.05, 0) is 44.9 Å². The van der Waals surface area contributed by atoms with Crippen molar-refractivity contribution in [2.45, 2.75) is 46.2 Å². The SMILES string of the molecule is CCc1nc(C(NC(C)C)c2ccc(Cl)c(F)c2)sc1C. The van der Waals surface area contributed by atoms with Crippen LogP contribution in [0.3, 0.4) is 0 Å². The summed E-state index contributed by atoms with van der Waals surface area (Å²) in [4.78, 5) is 5.93. The van der Waals surface area contributed by atoms with Gasteiger partial charge in [-0.3, -0.25) is 0 Å². The van der Waals surface area contributed by atoms with Crippen LogP contribution in [0.15, 0.2) is 18.2 Å². The zero-order valence-corrected chi connectivity index (χ0v) is 14.3. The molecule has 5 heteroatoms. The van der Waals surface area contributed by atoms with E-state index in [1.54, 1.807) is 17.4 Å². The predicted octanol–water partition coefficient (Wildman–Crippen LogP) is 4.89. The van der Waals surface area contributed by atoms with E-state index in [9.17, 15) is 4.39 Å². The molecule has 1 aromatic heterocycles. The van der Waals surface area contributed by atoms with E-state index in [0.717, 1.165) is 22.7 Å². The van der Waals surface area contributed by atoms with E-state index in [-0.39, 0.29) is 17.1 Å². The molecule has 0 spiro atoms. The first-order chi connectivity index (χ1) is 9.92. The third-order valence-corrected chi connectivity index (χ3v) is 4.65. The second-order valence-electron chi connectivity index (χ2n) is 5.34. The van der Waals surface area contributed by atoms with Crippen LogP contribution < -0.4 is 5.32 Å². The standard InChI is InChI=1S/C16H20ClFN2S/c1-5-14-10(4)21-16(20-14)15(19-9(2)3)11-6-7-12(17)13(18)8-11/h6-9,15,19H,5H2,1-4H3. The molecule has 0 amide bonds. The largest absolute Gasteiger partial charge is 0.302 e. The number of aromatic nitrogens is 1. The highest BCUT2D eigenvalue weighted by atomic mass is 35.5. The molecule has 0 aliphatic heterocycles. The Morgan fingerprint density at radius 3 is 2.62 bits per heavy atom. The molecule has 0 radical (unpaired) electrons. The van der Waals surface area contributed by atoms with Crippen molar-refractivity contribution in [1.82, 2.24) is 10.3 Å². The van der Waals surface area contributed by atoms with Crippen molar-refractivity contribution in [3.63, 3.8) is 0 Å². The Balaban J connectivity index is 2.43. The first-order valence-electron chi connectivity index (χ1n) is 7.09. The van der Waals surface area contributed by atoms with Crippen molar-refractivity contribution < 1.29 is 4.39 Å². The fourth-order valence-corrected chi connectivity index (χ4v) is 3.45. The zero-order valence-electron chi connectivity index (χ0n) is 12.7. The Kier molecular flexibility index (Phi) is 5.36. The van der Waals surface area contributed by atoms with Gasteiger partial charge in [0.25, 0.3) is 0 Å². The Morgan fingerprint density at radius 1 is 1.38 bits per heavy atom. The average Bonchev–Trinajstić information content (AvgIpc) is 2.80. The van der Waals surface area contributed by atoms with Crippen LogP contribution in [0.25, 0.3) is 0 Å². The zero-order chi connectivity index (χ0) is 15.6. The van der Waals surface area contributed by atoms with Gasteiger partial charge < -0.3 is 5.32 Å². The second kappa shape index (κ2) is 6.86. The van der Waals surface area contributed by atoms with E-state index in [1.165, 1.54) is 10.9 Å². The second-order valence-corrected chi connectivity index (χ2v) is 6.98. The van der Waals surface area contributed by atoms with E-state index in [0.29, 0.717) is 0 Å². The molecule has 1 N–H and O–H groups in total. The van der Waals surface area contributed by atoms with Crippen molar-refractivity contribution in [2.24, 2.45) is 0 Å². The normalized spacial score (nSPS) is 12.9. The van der Waals surface area contributed by atoms with Crippen LogP contribution in [-0.4, -0.2) is 11.0 Å². The maximum Gasteiger partial charge on any atom is 0.142 e. The molecule has 0 aliphatic carbocycles. The summed E-state index contributed by atoms with van der Waals surface area (Å²) >= 11 is 7.45. The van der Waals surface area contributed by atoms with Gasteiger partial charge in [-0.1, -0.05) is 24.6 Å². The third-order valence-electron chi connectivity index (χ3n) is 3.27. The highest BCUT2D eigenvalue weighted by Gasteiger charge is 2.21. The first-order valence-corrected chi connectivity index (χ1v) is 8.29. The summed E-state index contributed by atoms with van der Waals surface area (Å²) < 4.78 is 13.8. The number of hydrogen-bond acceptors (Lipinski definition) is 3. The maximum atomic E-state index is 13.8. The lowest BCUT2D eigenvalue weighted by Gasteiger charge is -2.20. The smallest absolute Gasteiger partial charge is 0.142 e. The molecule has 114 valence electrons. The number of nitrogens with one attached hydrogen (secondary N) is 1. The van der Waals surface area contributed by atoms with Crippen molar-refractivity contribution >= 4 is 22.9 Å². The highest BCUT2D eigenvalue weighted by Crippen LogP contribution is 2.30. The van der Waals surface area contributed by atoms with Crippen LogP contribution in [0, 0.1) is 12.7 Å². The van der Waals surface area contributed by atoms with Crippen LogP contribution in [0.5, 0.6) is 0 Å². The fraction of sp³-hybridized carbons (Fsp3) is 0.438. The molecule has 0 saturated carbocycles. The molecule has 1 aromatic carbocycles. The summed E-state index contributed by atoms with van der Waals surface area (Å²) in [6.07, 6.45) is 0.908. The molecular formula is C16H20ClFN2S. The van der Waals surface area contributed by atoms with Gasteiger partial charge in [-0.15, -0.1) is 11.3 Å². The summed E-state index contributed by atoms with van der Waals surface area (Å²) in [5.74, 6) is -0.395. The molecule has 0 bridgehead atoms. The van der Waals surface area contributed by atoms with Gasteiger partial charge in [0.2, 0.25) is 0 Å². The fourth-order valence-electron chi connectivity index (χ4n) is 2.24. The maximum absolute atomic E-state index is 13.8. The Hall–Kier alpha value is -0.970. The van der Waals surface area contributed by atoms with Crippen molar-refractivity contribution in [1.29, 1.82) is 0 Å². The molecule has 2 rings (SSSR count). The van der Waals surface area contributed by atoms with Crippen LogP contribution in [-0.2, 0) is 6.42 Å². The van der Waals surface area contributed by atoms with Crippen LogP contribution >= 0.6 is 22.9 Å². The highest BCUT2D eigenvalue weighted by molar-refractivity contribution is 7.11. The van der Waals surface area contributed by atoms with E-state index in [2.05, 4.69) is 33.0 Å². The lowest BCUT2D eigenvalue weighted by molar-refractivity contribution is 0.522. The summed E-state index contributed by atoms with van der Waals surface area (Å²) in [5.41, 5.74) is 1.96. The topological polar surface area (TPSA) is 24.9 Å². The molecule has 0 aliphatic rings. The molecule has 1 heterocycles. The van der Waals surface area contributed by atoms with Gasteiger partial charge in [0, 0.05) is 10.9 Å². The van der Waals surface area contributed by atoms with Crippen LogP contribution in [0.2, 0.25) is 5.02 Å². The van der Waals surface area contributed by atoms with E-state index in [4.69, 9.17) is 16.6 Å². The quantitative estimate of drug-likeness (QED) is 0.845. The monoisotopic (exact) mass is 326 g/mol. The summed E-state index contributed by atoms with van der Waals surface area (Å²) in [5, 5.41) is 4.58. The summed E-state index contributed by atoms with van der Waals surface area (Å²) in [7, 11) is 0. The molecule has 2 nitrogen and oxygen atoms in total. The summed E-state index contributed by atoms with van der Waals surface area (Å²) in [6.45, 7) is 8.31. The Bertz CT molecular complexity index is 625. The third kappa shape index (κ3) is 3.82. The molecule has 1 unspecified atom stereocenters. The minimum Gasteiger partial charge on any atom is -0.302 e. The average molecular weight is 327 g/mol. The Labute approximate surface area is 134 Å². The first kappa shape index (κ1) is 16.4. The molecular weight excluding hydrogens is 307 g/mol. The van der Waals surface area contributed by atoms with Gasteiger partial charge in [0.1, 0.15) is 10.8 Å². The lowest BCUT2D eigenvalue weighted by Crippen LogP contribution is -2.29. The van der Waals surface area contributed by atoms with Gasteiger partial charge >= 0.3 is 0 Å². The number of thiazole rings is 1. The molecule has 0 fully saturated rings. The number of aryl methyl sites for hydroxylation is 2. The van der Waals surface area contributed by atoms with Crippen molar-refractivity contribution in [2.75, 3.05) is 0 Å². The minimum atomic E-state index is -0.395. The van der Waals surface area contributed by atoms with E-state index < -0.39 is 5.82 Å². The van der Waals surface area contributed by atoms with Crippen molar-refractivity contribution in [3.05, 3.63) is 50.2 Å². The summed E-state index contributed by atoms with van der Waals surface area (Å²) in [6, 6.07) is 5.10. The number of benzene rings is 1. The molecule has 0 saturated heterocycles.